The molecule has 3 rings (SSSR count). The van der Waals surface area contributed by atoms with Crippen LogP contribution in [0.4, 0.5) is 15.8 Å². The van der Waals surface area contributed by atoms with E-state index < -0.39 is 10.7 Å². The van der Waals surface area contributed by atoms with Crippen LogP contribution in [0.15, 0.2) is 42.5 Å². The topological polar surface area (TPSA) is 46.4 Å². The SMILES string of the molecule is CN(c1ccc(F)cc1[N+](=O)[O-])C1CCc2ccccc21. The van der Waals surface area contributed by atoms with Gasteiger partial charge in [-0.2, -0.15) is 0 Å². The predicted molar refractivity (Wildman–Crippen MR) is 79.0 cm³/mol. The van der Waals surface area contributed by atoms with Crippen LogP contribution in [-0.4, -0.2) is 12.0 Å². The Kier molecular flexibility index (Phi) is 3.33. The second kappa shape index (κ2) is 5.16. The Labute approximate surface area is 122 Å². The lowest BCUT2D eigenvalue weighted by atomic mass is 10.1. The zero-order valence-electron chi connectivity index (χ0n) is 11.6. The molecule has 1 unspecified atom stereocenters. The molecule has 0 heterocycles. The van der Waals surface area contributed by atoms with Gasteiger partial charge in [-0.15, -0.1) is 0 Å². The van der Waals surface area contributed by atoms with Crippen LogP contribution < -0.4 is 4.90 Å². The van der Waals surface area contributed by atoms with E-state index in [1.807, 2.05) is 24.1 Å². The highest BCUT2D eigenvalue weighted by molar-refractivity contribution is 5.64. The largest absolute Gasteiger partial charge is 0.362 e. The minimum atomic E-state index is -0.592. The molecule has 2 aromatic carbocycles. The molecule has 0 spiro atoms. The number of halogens is 1. The number of anilines is 1. The van der Waals surface area contributed by atoms with Crippen LogP contribution in [0.2, 0.25) is 0 Å². The maximum atomic E-state index is 13.3. The molecule has 5 heteroatoms. The van der Waals surface area contributed by atoms with Crippen LogP contribution >= 0.6 is 0 Å². The third kappa shape index (κ3) is 2.35. The molecule has 1 aliphatic rings. The van der Waals surface area contributed by atoms with Crippen LogP contribution in [0.3, 0.4) is 0 Å². The van der Waals surface area contributed by atoms with Crippen molar-refractivity contribution in [3.05, 3.63) is 69.5 Å². The third-order valence-electron chi connectivity index (χ3n) is 4.08. The first-order valence-corrected chi connectivity index (χ1v) is 6.82. The fraction of sp³-hybridized carbons (Fsp3) is 0.250. The van der Waals surface area contributed by atoms with E-state index in [1.165, 1.54) is 23.3 Å². The predicted octanol–water partition coefficient (Wildman–Crippen LogP) is 3.86. The van der Waals surface area contributed by atoms with Gasteiger partial charge in [-0.1, -0.05) is 24.3 Å². The molecule has 4 nitrogen and oxygen atoms in total. The molecule has 21 heavy (non-hydrogen) atoms. The molecule has 0 saturated carbocycles. The van der Waals surface area contributed by atoms with E-state index >= 15 is 0 Å². The number of nitro groups is 1. The Balaban J connectivity index is 2.01. The molecule has 1 atom stereocenters. The lowest BCUT2D eigenvalue weighted by Gasteiger charge is -2.27. The summed E-state index contributed by atoms with van der Waals surface area (Å²) >= 11 is 0. The molecule has 0 bridgehead atoms. The van der Waals surface area contributed by atoms with E-state index in [2.05, 4.69) is 12.1 Å². The van der Waals surface area contributed by atoms with Crippen molar-refractivity contribution in [3.63, 3.8) is 0 Å². The summed E-state index contributed by atoms with van der Waals surface area (Å²) < 4.78 is 13.3. The van der Waals surface area contributed by atoms with E-state index in [1.54, 1.807) is 0 Å². The molecule has 0 amide bonds. The molecule has 0 fully saturated rings. The molecular weight excluding hydrogens is 271 g/mol. The molecule has 108 valence electrons. The van der Waals surface area contributed by atoms with Crippen LogP contribution in [0.25, 0.3) is 0 Å². The first kappa shape index (κ1) is 13.5. The average Bonchev–Trinajstić information content (AvgIpc) is 2.90. The second-order valence-corrected chi connectivity index (χ2v) is 5.25. The summed E-state index contributed by atoms with van der Waals surface area (Å²) in [7, 11) is 1.83. The van der Waals surface area contributed by atoms with Crippen molar-refractivity contribution in [1.29, 1.82) is 0 Å². The van der Waals surface area contributed by atoms with Crippen molar-refractivity contribution in [2.75, 3.05) is 11.9 Å². The number of hydrogen-bond acceptors (Lipinski definition) is 3. The number of hydrogen-bond donors (Lipinski definition) is 0. The van der Waals surface area contributed by atoms with Crippen molar-refractivity contribution >= 4 is 11.4 Å². The fourth-order valence-electron chi connectivity index (χ4n) is 3.05. The summed E-state index contributed by atoms with van der Waals surface area (Å²) in [4.78, 5) is 12.5. The molecule has 2 aromatic rings. The van der Waals surface area contributed by atoms with Crippen molar-refractivity contribution in [1.82, 2.24) is 0 Å². The smallest absolute Gasteiger partial charge is 0.295 e. The van der Waals surface area contributed by atoms with Gasteiger partial charge in [-0.05, 0) is 36.1 Å². The van der Waals surface area contributed by atoms with Crippen molar-refractivity contribution in [3.8, 4) is 0 Å². The van der Waals surface area contributed by atoms with Crippen LogP contribution in [0, 0.1) is 15.9 Å². The summed E-state index contributed by atoms with van der Waals surface area (Å²) in [5, 5.41) is 11.2. The van der Waals surface area contributed by atoms with E-state index in [0.717, 1.165) is 18.9 Å². The van der Waals surface area contributed by atoms with Gasteiger partial charge in [0.25, 0.3) is 5.69 Å². The first-order valence-electron chi connectivity index (χ1n) is 6.82. The number of rotatable bonds is 3. The zero-order valence-corrected chi connectivity index (χ0v) is 11.6. The van der Waals surface area contributed by atoms with Gasteiger partial charge in [0, 0.05) is 7.05 Å². The van der Waals surface area contributed by atoms with Gasteiger partial charge < -0.3 is 4.90 Å². The lowest BCUT2D eigenvalue weighted by molar-refractivity contribution is -0.384. The maximum Gasteiger partial charge on any atom is 0.295 e. The fourth-order valence-corrected chi connectivity index (χ4v) is 3.05. The lowest BCUT2D eigenvalue weighted by Crippen LogP contribution is -2.23. The Morgan fingerprint density at radius 2 is 2.05 bits per heavy atom. The van der Waals surface area contributed by atoms with E-state index in [-0.39, 0.29) is 11.7 Å². The summed E-state index contributed by atoms with van der Waals surface area (Å²) in [6.07, 6.45) is 1.87. The molecule has 0 saturated heterocycles. The van der Waals surface area contributed by atoms with Gasteiger partial charge in [0.05, 0.1) is 17.0 Å². The molecule has 0 aliphatic heterocycles. The van der Waals surface area contributed by atoms with Crippen molar-refractivity contribution < 1.29 is 9.31 Å². The number of nitrogens with zero attached hydrogens (tertiary/aromatic N) is 2. The minimum Gasteiger partial charge on any atom is -0.362 e. The first-order chi connectivity index (χ1) is 10.1. The van der Waals surface area contributed by atoms with Gasteiger partial charge in [0.2, 0.25) is 0 Å². The molecule has 0 N–H and O–H groups in total. The summed E-state index contributed by atoms with van der Waals surface area (Å²) in [6, 6.07) is 11.9. The van der Waals surface area contributed by atoms with Crippen LogP contribution in [0.5, 0.6) is 0 Å². The Hall–Kier alpha value is -2.43. The molecule has 0 radical (unpaired) electrons. The quantitative estimate of drug-likeness (QED) is 0.636. The van der Waals surface area contributed by atoms with E-state index in [9.17, 15) is 14.5 Å². The maximum absolute atomic E-state index is 13.3. The monoisotopic (exact) mass is 286 g/mol. The molecular formula is C16H15FN2O2. The van der Waals surface area contributed by atoms with Crippen LogP contribution in [0.1, 0.15) is 23.6 Å². The Bertz CT molecular complexity index is 702. The number of fused-ring (bicyclic) bond motifs is 1. The van der Waals surface area contributed by atoms with Gasteiger partial charge in [-0.25, -0.2) is 4.39 Å². The van der Waals surface area contributed by atoms with Gasteiger partial charge >= 0.3 is 0 Å². The highest BCUT2D eigenvalue weighted by Gasteiger charge is 2.29. The second-order valence-electron chi connectivity index (χ2n) is 5.25. The highest BCUT2D eigenvalue weighted by atomic mass is 19.1. The Morgan fingerprint density at radius 1 is 1.29 bits per heavy atom. The highest BCUT2D eigenvalue weighted by Crippen LogP contribution is 2.40. The average molecular weight is 286 g/mol. The molecule has 1 aliphatic carbocycles. The standard InChI is InChI=1S/C16H15FN2O2/c1-18(14-8-6-11-4-2-3-5-13(11)14)15-9-7-12(17)10-16(15)19(20)21/h2-5,7,9-10,14H,6,8H2,1H3. The number of aryl methyl sites for hydroxylation is 1. The summed E-state index contributed by atoms with van der Waals surface area (Å²) in [5.74, 6) is -0.592. The normalized spacial score (nSPS) is 16.6. The van der Waals surface area contributed by atoms with Crippen LogP contribution in [-0.2, 0) is 6.42 Å². The third-order valence-corrected chi connectivity index (χ3v) is 4.08. The molecule has 0 aromatic heterocycles. The van der Waals surface area contributed by atoms with Gasteiger partial charge in [0.1, 0.15) is 11.5 Å². The van der Waals surface area contributed by atoms with Crippen molar-refractivity contribution in [2.45, 2.75) is 18.9 Å². The van der Waals surface area contributed by atoms with E-state index in [4.69, 9.17) is 0 Å². The zero-order chi connectivity index (χ0) is 15.0. The Morgan fingerprint density at radius 3 is 2.81 bits per heavy atom. The van der Waals surface area contributed by atoms with E-state index in [0.29, 0.717) is 5.69 Å². The van der Waals surface area contributed by atoms with Crippen molar-refractivity contribution in [2.24, 2.45) is 0 Å². The summed E-state index contributed by atoms with van der Waals surface area (Å²) in [6.45, 7) is 0. The van der Waals surface area contributed by atoms with Gasteiger partial charge in [0.15, 0.2) is 0 Å². The van der Waals surface area contributed by atoms with Gasteiger partial charge in [-0.3, -0.25) is 10.1 Å². The number of benzene rings is 2. The summed E-state index contributed by atoms with van der Waals surface area (Å²) in [5.41, 5.74) is 2.72. The minimum absolute atomic E-state index is 0.0883. The number of nitro benzene ring substituents is 1.